The van der Waals surface area contributed by atoms with Gasteiger partial charge in [0.25, 0.3) is 0 Å². The Bertz CT molecular complexity index is 756. The Hall–Kier alpha value is -2.70. The van der Waals surface area contributed by atoms with Crippen molar-refractivity contribution in [3.63, 3.8) is 0 Å². The largest absolute Gasteiger partial charge is 0.324 e. The van der Waals surface area contributed by atoms with Gasteiger partial charge in [0, 0.05) is 36.7 Å². The van der Waals surface area contributed by atoms with Crippen LogP contribution in [0.2, 0.25) is 0 Å². The number of carbonyl (C=O) groups is 4. The number of hydrogen-bond acceptors (Lipinski definition) is 4. The van der Waals surface area contributed by atoms with Crippen LogP contribution in [0.4, 0.5) is 11.4 Å². The number of fused-ring (bicyclic) bond motifs is 1. The molecule has 1 aromatic rings. The molecular weight excluding hydrogens is 334 g/mol. The van der Waals surface area contributed by atoms with Crippen molar-refractivity contribution >= 4 is 35.0 Å². The minimum atomic E-state index is -0.425. The minimum Gasteiger partial charge on any atom is -0.324 e. The molecule has 0 radical (unpaired) electrons. The summed E-state index contributed by atoms with van der Waals surface area (Å²) in [5, 5.41) is 2.73. The Labute approximate surface area is 152 Å². The molecule has 0 atom stereocenters. The number of likely N-dealkylation sites (tertiary alicyclic amines) is 1. The van der Waals surface area contributed by atoms with Crippen LogP contribution in [-0.4, -0.2) is 41.6 Å². The van der Waals surface area contributed by atoms with E-state index < -0.39 is 5.91 Å². The number of amides is 4. The highest BCUT2D eigenvalue weighted by Crippen LogP contribution is 2.31. The molecule has 0 bridgehead atoms. The van der Waals surface area contributed by atoms with Gasteiger partial charge in [0.15, 0.2) is 0 Å². The second-order valence-corrected chi connectivity index (χ2v) is 7.01. The summed E-state index contributed by atoms with van der Waals surface area (Å²) in [6.45, 7) is 4.13. The van der Waals surface area contributed by atoms with E-state index in [1.165, 1.54) is 0 Å². The number of aryl methyl sites for hydroxylation is 1. The Kier molecular flexibility index (Phi) is 5.06. The lowest BCUT2D eigenvalue weighted by molar-refractivity contribution is -0.141. The van der Waals surface area contributed by atoms with Gasteiger partial charge in [-0.2, -0.15) is 0 Å². The summed E-state index contributed by atoms with van der Waals surface area (Å²) in [7, 11) is 0. The van der Waals surface area contributed by atoms with Gasteiger partial charge in [-0.1, -0.05) is 19.9 Å². The Morgan fingerprint density at radius 1 is 1.12 bits per heavy atom. The van der Waals surface area contributed by atoms with Crippen LogP contribution in [-0.2, 0) is 25.6 Å². The monoisotopic (exact) mass is 357 g/mol. The van der Waals surface area contributed by atoms with E-state index in [2.05, 4.69) is 5.32 Å². The van der Waals surface area contributed by atoms with Gasteiger partial charge in [-0.25, -0.2) is 0 Å². The standard InChI is InChI=1S/C19H23N3O4/c1-12(2)19(26)21-9-3-4-13-5-6-14(10-15(13)21)20-16(23)11-22-17(24)7-8-18(22)25/h5-6,10,12H,3-4,7-9,11H2,1-2H3,(H,20,23). The van der Waals surface area contributed by atoms with Crippen molar-refractivity contribution in [2.75, 3.05) is 23.3 Å². The maximum absolute atomic E-state index is 12.5. The Morgan fingerprint density at radius 3 is 2.46 bits per heavy atom. The first-order chi connectivity index (χ1) is 12.4. The number of imide groups is 1. The van der Waals surface area contributed by atoms with Gasteiger partial charge in [-0.3, -0.25) is 24.1 Å². The average Bonchev–Trinajstić information content (AvgIpc) is 2.92. The van der Waals surface area contributed by atoms with Crippen molar-refractivity contribution in [3.05, 3.63) is 23.8 Å². The summed E-state index contributed by atoms with van der Waals surface area (Å²) in [4.78, 5) is 50.7. The Morgan fingerprint density at radius 2 is 1.81 bits per heavy atom. The SMILES string of the molecule is CC(C)C(=O)N1CCCc2ccc(NC(=O)CN3C(=O)CCC3=O)cc21. The maximum Gasteiger partial charge on any atom is 0.244 e. The molecule has 0 aliphatic carbocycles. The van der Waals surface area contributed by atoms with E-state index in [4.69, 9.17) is 0 Å². The second kappa shape index (κ2) is 7.27. The zero-order valence-electron chi connectivity index (χ0n) is 15.1. The highest BCUT2D eigenvalue weighted by Gasteiger charge is 2.30. The fraction of sp³-hybridized carbons (Fsp3) is 0.474. The summed E-state index contributed by atoms with van der Waals surface area (Å²) in [6.07, 6.45) is 2.13. The third kappa shape index (κ3) is 3.61. The number of nitrogens with one attached hydrogen (secondary N) is 1. The number of benzene rings is 1. The predicted octanol–water partition coefficient (Wildman–Crippen LogP) is 1.71. The van der Waals surface area contributed by atoms with Gasteiger partial charge in [0.05, 0.1) is 0 Å². The number of anilines is 2. The van der Waals surface area contributed by atoms with Crippen LogP contribution < -0.4 is 10.2 Å². The van der Waals surface area contributed by atoms with Crippen molar-refractivity contribution in [2.24, 2.45) is 5.92 Å². The molecule has 1 N–H and O–H groups in total. The lowest BCUT2D eigenvalue weighted by Gasteiger charge is -2.31. The maximum atomic E-state index is 12.5. The van der Waals surface area contributed by atoms with Crippen molar-refractivity contribution in [2.45, 2.75) is 39.5 Å². The summed E-state index contributed by atoms with van der Waals surface area (Å²) < 4.78 is 0. The molecule has 7 nitrogen and oxygen atoms in total. The van der Waals surface area contributed by atoms with Gasteiger partial charge in [0.2, 0.25) is 23.6 Å². The van der Waals surface area contributed by atoms with E-state index in [0.717, 1.165) is 29.0 Å². The highest BCUT2D eigenvalue weighted by atomic mass is 16.2. The lowest BCUT2D eigenvalue weighted by atomic mass is 9.99. The average molecular weight is 357 g/mol. The summed E-state index contributed by atoms with van der Waals surface area (Å²) >= 11 is 0. The molecule has 26 heavy (non-hydrogen) atoms. The van der Waals surface area contributed by atoms with E-state index in [9.17, 15) is 19.2 Å². The van der Waals surface area contributed by atoms with Crippen LogP contribution in [0, 0.1) is 5.92 Å². The molecule has 0 saturated carbocycles. The molecule has 1 fully saturated rings. The van der Waals surface area contributed by atoms with Crippen LogP contribution in [0.1, 0.15) is 38.7 Å². The molecule has 2 heterocycles. The molecule has 2 aliphatic rings. The van der Waals surface area contributed by atoms with Crippen molar-refractivity contribution in [1.29, 1.82) is 0 Å². The molecule has 1 saturated heterocycles. The quantitative estimate of drug-likeness (QED) is 0.831. The second-order valence-electron chi connectivity index (χ2n) is 7.01. The number of hydrogen-bond donors (Lipinski definition) is 1. The third-order valence-electron chi connectivity index (χ3n) is 4.70. The van der Waals surface area contributed by atoms with Gasteiger partial charge in [0.1, 0.15) is 6.54 Å². The van der Waals surface area contributed by atoms with E-state index in [0.29, 0.717) is 12.2 Å². The van der Waals surface area contributed by atoms with Crippen molar-refractivity contribution in [1.82, 2.24) is 4.90 Å². The van der Waals surface area contributed by atoms with Gasteiger partial charge in [-0.15, -0.1) is 0 Å². The first kappa shape index (κ1) is 18.1. The normalized spacial score (nSPS) is 16.9. The summed E-state index contributed by atoms with van der Waals surface area (Å²) in [5.41, 5.74) is 2.45. The summed E-state index contributed by atoms with van der Waals surface area (Å²) in [6, 6.07) is 5.49. The Balaban J connectivity index is 1.74. The highest BCUT2D eigenvalue weighted by molar-refractivity contribution is 6.06. The van der Waals surface area contributed by atoms with E-state index in [1.54, 1.807) is 17.0 Å². The third-order valence-corrected chi connectivity index (χ3v) is 4.70. The molecule has 7 heteroatoms. The topological polar surface area (TPSA) is 86.8 Å². The first-order valence-corrected chi connectivity index (χ1v) is 8.94. The zero-order chi connectivity index (χ0) is 18.8. The smallest absolute Gasteiger partial charge is 0.244 e. The molecule has 4 amide bonds. The molecule has 2 aliphatic heterocycles. The van der Waals surface area contributed by atoms with E-state index >= 15 is 0 Å². The molecule has 138 valence electrons. The molecule has 3 rings (SSSR count). The lowest BCUT2D eigenvalue weighted by Crippen LogP contribution is -2.38. The van der Waals surface area contributed by atoms with Crippen LogP contribution in [0.25, 0.3) is 0 Å². The van der Waals surface area contributed by atoms with Gasteiger partial charge < -0.3 is 10.2 Å². The number of nitrogens with zero attached hydrogens (tertiary/aromatic N) is 2. The van der Waals surface area contributed by atoms with Gasteiger partial charge in [-0.05, 0) is 30.5 Å². The molecule has 0 unspecified atom stereocenters. The first-order valence-electron chi connectivity index (χ1n) is 8.94. The van der Waals surface area contributed by atoms with Gasteiger partial charge >= 0.3 is 0 Å². The fourth-order valence-corrected chi connectivity index (χ4v) is 3.34. The van der Waals surface area contributed by atoms with Crippen LogP contribution in [0.15, 0.2) is 18.2 Å². The van der Waals surface area contributed by atoms with Crippen LogP contribution in [0.5, 0.6) is 0 Å². The summed E-state index contributed by atoms with van der Waals surface area (Å²) in [5.74, 6) is -1.10. The number of carbonyl (C=O) groups excluding carboxylic acids is 4. The van der Waals surface area contributed by atoms with Crippen molar-refractivity contribution < 1.29 is 19.2 Å². The zero-order valence-corrected chi connectivity index (χ0v) is 15.1. The molecule has 0 aromatic heterocycles. The molecular formula is C19H23N3O4. The minimum absolute atomic E-state index is 0.0580. The van der Waals surface area contributed by atoms with Crippen LogP contribution >= 0.6 is 0 Å². The number of rotatable bonds is 4. The van der Waals surface area contributed by atoms with E-state index in [1.807, 2.05) is 19.9 Å². The van der Waals surface area contributed by atoms with Crippen LogP contribution in [0.3, 0.4) is 0 Å². The fourth-order valence-electron chi connectivity index (χ4n) is 3.34. The molecule has 1 aromatic carbocycles. The predicted molar refractivity (Wildman–Crippen MR) is 96.5 cm³/mol. The van der Waals surface area contributed by atoms with E-state index in [-0.39, 0.29) is 43.0 Å². The van der Waals surface area contributed by atoms with Crippen molar-refractivity contribution in [3.8, 4) is 0 Å². The molecule has 0 spiro atoms.